The van der Waals surface area contributed by atoms with Gasteiger partial charge >= 0.3 is 11.8 Å². The minimum absolute atomic E-state index is 0.123. The number of rotatable bonds is 2. The van der Waals surface area contributed by atoms with E-state index >= 15 is 0 Å². The molecule has 1 fully saturated rings. The molecule has 0 bridgehead atoms. The van der Waals surface area contributed by atoms with Crippen LogP contribution in [0.25, 0.3) is 0 Å². The summed E-state index contributed by atoms with van der Waals surface area (Å²) in [5, 5.41) is 7.71. The molecule has 1 aromatic rings. The van der Waals surface area contributed by atoms with Gasteiger partial charge in [-0.2, -0.15) is 0 Å². The number of anilines is 1. The lowest BCUT2D eigenvalue weighted by Crippen LogP contribution is -2.44. The van der Waals surface area contributed by atoms with Crippen molar-refractivity contribution in [3.05, 3.63) is 18.2 Å². The fourth-order valence-corrected chi connectivity index (χ4v) is 2.52. The molecule has 8 heteroatoms. The summed E-state index contributed by atoms with van der Waals surface area (Å²) in [5.41, 5.74) is 0.392. The lowest BCUT2D eigenvalue weighted by molar-refractivity contribution is -0.141. The van der Waals surface area contributed by atoms with Gasteiger partial charge in [-0.3, -0.25) is 19.7 Å². The smallest absolute Gasteiger partial charge is 0.316 e. The Bertz CT molecular complexity index is 640. The van der Waals surface area contributed by atoms with E-state index in [0.717, 1.165) is 13.1 Å². The third-order valence-electron chi connectivity index (χ3n) is 3.78. The number of fused-ring (bicyclic) bond motifs is 1. The van der Waals surface area contributed by atoms with Crippen molar-refractivity contribution in [2.24, 2.45) is 5.92 Å². The van der Waals surface area contributed by atoms with Gasteiger partial charge in [-0.25, -0.2) is 0 Å². The Morgan fingerprint density at radius 2 is 1.78 bits per heavy atom. The monoisotopic (exact) mass is 319 g/mol. The predicted molar refractivity (Wildman–Crippen MR) is 79.9 cm³/mol. The summed E-state index contributed by atoms with van der Waals surface area (Å²) in [4.78, 5) is 35.6. The summed E-state index contributed by atoms with van der Waals surface area (Å²) >= 11 is 0. The van der Waals surface area contributed by atoms with Gasteiger partial charge < -0.3 is 20.1 Å². The quantitative estimate of drug-likeness (QED) is 0.663. The summed E-state index contributed by atoms with van der Waals surface area (Å²) < 4.78 is 10.4. The molecule has 2 aliphatic rings. The van der Waals surface area contributed by atoms with Crippen molar-refractivity contribution >= 4 is 23.4 Å². The Balaban J connectivity index is 1.55. The van der Waals surface area contributed by atoms with Crippen LogP contribution in [0.4, 0.5) is 5.69 Å². The lowest BCUT2D eigenvalue weighted by atomic mass is 9.97. The van der Waals surface area contributed by atoms with E-state index in [-0.39, 0.29) is 12.7 Å². The number of hydrogen-bond donors (Lipinski definition) is 3. The van der Waals surface area contributed by atoms with Crippen LogP contribution in [0.15, 0.2) is 18.2 Å². The standard InChI is InChI=1S/C15H17N3O5/c19-13(9-3-5-16-6-4-9)18-15(21)14(20)17-10-1-2-11-12(7-10)23-8-22-11/h1-2,7,9,16H,3-6,8H2,(H,17,20)(H,18,19,21). The second-order valence-corrected chi connectivity index (χ2v) is 5.36. The molecule has 0 saturated carbocycles. The maximum absolute atomic E-state index is 11.9. The second kappa shape index (κ2) is 6.66. The van der Waals surface area contributed by atoms with Crippen LogP contribution in [0, 0.1) is 5.92 Å². The minimum atomic E-state index is -0.966. The van der Waals surface area contributed by atoms with Crippen molar-refractivity contribution in [1.29, 1.82) is 0 Å². The van der Waals surface area contributed by atoms with Gasteiger partial charge in [0.2, 0.25) is 12.7 Å². The van der Waals surface area contributed by atoms with Crippen LogP contribution < -0.4 is 25.4 Å². The molecule has 23 heavy (non-hydrogen) atoms. The fourth-order valence-electron chi connectivity index (χ4n) is 2.52. The highest BCUT2D eigenvalue weighted by molar-refractivity contribution is 6.42. The van der Waals surface area contributed by atoms with E-state index < -0.39 is 17.7 Å². The van der Waals surface area contributed by atoms with Crippen molar-refractivity contribution < 1.29 is 23.9 Å². The first kappa shape index (κ1) is 15.3. The first-order valence-electron chi connectivity index (χ1n) is 7.40. The van der Waals surface area contributed by atoms with Gasteiger partial charge in [0.05, 0.1) is 0 Å². The van der Waals surface area contributed by atoms with Gasteiger partial charge in [-0.15, -0.1) is 0 Å². The molecular weight excluding hydrogens is 302 g/mol. The first-order chi connectivity index (χ1) is 11.1. The van der Waals surface area contributed by atoms with E-state index in [9.17, 15) is 14.4 Å². The molecule has 0 unspecified atom stereocenters. The summed E-state index contributed by atoms with van der Waals surface area (Å²) in [6.07, 6.45) is 1.31. The average molecular weight is 319 g/mol. The Morgan fingerprint density at radius 1 is 1.04 bits per heavy atom. The van der Waals surface area contributed by atoms with E-state index in [0.29, 0.717) is 30.0 Å². The number of carbonyl (C=O) groups excluding carboxylic acids is 3. The lowest BCUT2D eigenvalue weighted by Gasteiger charge is -2.21. The molecule has 1 saturated heterocycles. The third-order valence-corrected chi connectivity index (χ3v) is 3.78. The maximum Gasteiger partial charge on any atom is 0.316 e. The second-order valence-electron chi connectivity index (χ2n) is 5.36. The molecule has 122 valence electrons. The third kappa shape index (κ3) is 3.59. The van der Waals surface area contributed by atoms with Crippen LogP contribution >= 0.6 is 0 Å². The molecule has 3 N–H and O–H groups in total. The average Bonchev–Trinajstić information content (AvgIpc) is 3.03. The molecule has 1 aromatic carbocycles. The number of hydrogen-bond acceptors (Lipinski definition) is 6. The highest BCUT2D eigenvalue weighted by Crippen LogP contribution is 2.34. The molecule has 3 amide bonds. The number of ether oxygens (including phenoxy) is 2. The van der Waals surface area contributed by atoms with Crippen LogP contribution in [0.5, 0.6) is 11.5 Å². The normalized spacial score (nSPS) is 16.7. The largest absolute Gasteiger partial charge is 0.454 e. The van der Waals surface area contributed by atoms with E-state index in [1.807, 2.05) is 0 Å². The minimum Gasteiger partial charge on any atom is -0.454 e. The van der Waals surface area contributed by atoms with Gasteiger partial charge in [0.25, 0.3) is 0 Å². The molecule has 2 heterocycles. The topological polar surface area (TPSA) is 106 Å². The first-order valence-corrected chi connectivity index (χ1v) is 7.40. The van der Waals surface area contributed by atoms with Gasteiger partial charge in [0.15, 0.2) is 11.5 Å². The molecule has 2 aliphatic heterocycles. The van der Waals surface area contributed by atoms with Gasteiger partial charge in [0, 0.05) is 17.7 Å². The summed E-state index contributed by atoms with van der Waals surface area (Å²) in [7, 11) is 0. The molecule has 0 aromatic heterocycles. The number of amides is 3. The molecule has 3 rings (SSSR count). The Labute approximate surface area is 132 Å². The molecule has 0 aliphatic carbocycles. The van der Waals surface area contributed by atoms with Crippen molar-refractivity contribution in [2.45, 2.75) is 12.8 Å². The molecule has 0 spiro atoms. The number of carbonyl (C=O) groups is 3. The van der Waals surface area contributed by atoms with Crippen LogP contribution in [-0.2, 0) is 14.4 Å². The summed E-state index contributed by atoms with van der Waals surface area (Å²) in [6, 6.07) is 4.78. The zero-order chi connectivity index (χ0) is 16.2. The van der Waals surface area contributed by atoms with Crippen LogP contribution in [-0.4, -0.2) is 37.6 Å². The number of piperidine rings is 1. The maximum atomic E-state index is 11.9. The van der Waals surface area contributed by atoms with Crippen molar-refractivity contribution in [1.82, 2.24) is 10.6 Å². The summed E-state index contributed by atoms with van der Waals surface area (Å²) in [6.45, 7) is 1.59. The van der Waals surface area contributed by atoms with Crippen LogP contribution in [0.1, 0.15) is 12.8 Å². The van der Waals surface area contributed by atoms with Crippen LogP contribution in [0.3, 0.4) is 0 Å². The predicted octanol–water partition coefficient (Wildman–Crippen LogP) is -0.00380. The van der Waals surface area contributed by atoms with E-state index in [1.54, 1.807) is 18.2 Å². The fraction of sp³-hybridized carbons (Fsp3) is 0.400. The highest BCUT2D eigenvalue weighted by Gasteiger charge is 2.25. The zero-order valence-corrected chi connectivity index (χ0v) is 12.4. The van der Waals surface area contributed by atoms with E-state index in [1.165, 1.54) is 0 Å². The number of nitrogens with one attached hydrogen (secondary N) is 3. The van der Waals surface area contributed by atoms with Crippen molar-refractivity contribution in [3.8, 4) is 11.5 Å². The van der Waals surface area contributed by atoms with Gasteiger partial charge in [-0.1, -0.05) is 0 Å². The zero-order valence-electron chi connectivity index (χ0n) is 12.4. The highest BCUT2D eigenvalue weighted by atomic mass is 16.7. The van der Waals surface area contributed by atoms with Gasteiger partial charge in [-0.05, 0) is 38.1 Å². The number of benzene rings is 1. The summed E-state index contributed by atoms with van der Waals surface area (Å²) in [5.74, 6) is -1.43. The van der Waals surface area contributed by atoms with Crippen LogP contribution in [0.2, 0.25) is 0 Å². The van der Waals surface area contributed by atoms with Crippen molar-refractivity contribution in [2.75, 3.05) is 25.2 Å². The SMILES string of the molecule is O=C(NC(=O)C1CCNCC1)C(=O)Nc1ccc2c(c1)OCO2. The Hall–Kier alpha value is -2.61. The molecule has 8 nitrogen and oxygen atoms in total. The Kier molecular flexibility index (Phi) is 4.42. The molecule has 0 radical (unpaired) electrons. The van der Waals surface area contributed by atoms with E-state index in [4.69, 9.17) is 9.47 Å². The number of imide groups is 1. The van der Waals surface area contributed by atoms with Gasteiger partial charge in [0.1, 0.15) is 0 Å². The molecule has 0 atom stereocenters. The van der Waals surface area contributed by atoms with E-state index in [2.05, 4.69) is 16.0 Å². The molecular formula is C15H17N3O5. The Morgan fingerprint density at radius 3 is 2.57 bits per heavy atom. The van der Waals surface area contributed by atoms with Crippen molar-refractivity contribution in [3.63, 3.8) is 0 Å².